The van der Waals surface area contributed by atoms with Gasteiger partial charge in [0.2, 0.25) is 11.9 Å². The Kier molecular flexibility index (Phi) is 9.17. The number of carbonyl (C=O) groups is 1. The van der Waals surface area contributed by atoms with Crippen molar-refractivity contribution < 1.29 is 9.53 Å². The summed E-state index contributed by atoms with van der Waals surface area (Å²) in [5.41, 5.74) is 9.60. The van der Waals surface area contributed by atoms with Crippen molar-refractivity contribution in [2.24, 2.45) is 5.84 Å². The van der Waals surface area contributed by atoms with Crippen molar-refractivity contribution in [2.75, 3.05) is 41.6 Å². The van der Waals surface area contributed by atoms with Gasteiger partial charge in [-0.1, -0.05) is 54.6 Å². The van der Waals surface area contributed by atoms with Gasteiger partial charge in [-0.25, -0.2) is 5.84 Å². The van der Waals surface area contributed by atoms with Gasteiger partial charge in [-0.3, -0.25) is 9.80 Å². The van der Waals surface area contributed by atoms with Gasteiger partial charge in [0.25, 0.3) is 5.91 Å². The van der Waals surface area contributed by atoms with Crippen LogP contribution in [-0.2, 0) is 24.1 Å². The first-order valence-corrected chi connectivity index (χ1v) is 12.3. The lowest BCUT2D eigenvalue weighted by Crippen LogP contribution is -2.32. The number of aromatic nitrogens is 3. The summed E-state index contributed by atoms with van der Waals surface area (Å²) in [5, 5.41) is 7.46. The molecule has 0 fully saturated rings. The molecule has 10 nitrogen and oxygen atoms in total. The van der Waals surface area contributed by atoms with E-state index in [9.17, 15) is 4.79 Å². The van der Waals surface area contributed by atoms with Crippen molar-refractivity contribution in [2.45, 2.75) is 19.4 Å². The molecule has 0 atom stereocenters. The highest BCUT2D eigenvalue weighted by molar-refractivity contribution is 6.05. The molecule has 1 heterocycles. The van der Waals surface area contributed by atoms with E-state index in [2.05, 4.69) is 37.7 Å². The average molecular weight is 513 g/mol. The Labute approximate surface area is 222 Å². The number of aryl methyl sites for hydroxylation is 2. The third-order valence-corrected chi connectivity index (χ3v) is 5.77. The number of anilines is 4. The van der Waals surface area contributed by atoms with Crippen molar-refractivity contribution >= 4 is 29.2 Å². The van der Waals surface area contributed by atoms with E-state index in [1.54, 1.807) is 31.4 Å². The van der Waals surface area contributed by atoms with E-state index in [0.717, 1.165) is 12.0 Å². The van der Waals surface area contributed by atoms with Crippen LogP contribution in [0.2, 0.25) is 0 Å². The second-order valence-corrected chi connectivity index (χ2v) is 8.65. The van der Waals surface area contributed by atoms with Crippen LogP contribution in [0.5, 0.6) is 0 Å². The molecule has 0 spiro atoms. The van der Waals surface area contributed by atoms with E-state index in [1.807, 2.05) is 42.5 Å². The number of nitrogen functional groups attached to an aromatic ring is 1. The number of rotatable bonds is 12. The second kappa shape index (κ2) is 13.1. The number of carbonyl (C=O) groups excluding carboxylic acids is 1. The van der Waals surface area contributed by atoms with E-state index < -0.39 is 0 Å². The lowest BCUT2D eigenvalue weighted by atomic mass is 10.1. The fourth-order valence-electron chi connectivity index (χ4n) is 3.73. The SMILES string of the molecule is COCCNc1nc(CCc2ccccc2)nc(N(N)Cc2ccc(C(=O)Nc3ccccc3N)cc2)n1. The summed E-state index contributed by atoms with van der Waals surface area (Å²) in [5.74, 6) is 7.57. The first kappa shape index (κ1) is 26.5. The zero-order valence-electron chi connectivity index (χ0n) is 21.3. The van der Waals surface area contributed by atoms with Crippen LogP contribution in [0.4, 0.5) is 23.3 Å². The topological polar surface area (TPSA) is 144 Å². The van der Waals surface area contributed by atoms with Crippen molar-refractivity contribution in [3.05, 3.63) is 101 Å². The number of amides is 1. The average Bonchev–Trinajstić information content (AvgIpc) is 2.94. The molecule has 1 amide bonds. The molecular formula is C28H32N8O2. The molecule has 3 aromatic carbocycles. The van der Waals surface area contributed by atoms with Gasteiger partial charge >= 0.3 is 0 Å². The lowest BCUT2D eigenvalue weighted by Gasteiger charge is -2.18. The number of benzene rings is 3. The van der Waals surface area contributed by atoms with Gasteiger partial charge in [0.05, 0.1) is 24.5 Å². The molecule has 0 aliphatic heterocycles. The van der Waals surface area contributed by atoms with Crippen molar-refractivity contribution in [1.29, 1.82) is 0 Å². The Morgan fingerprint density at radius 2 is 1.63 bits per heavy atom. The molecule has 0 aliphatic carbocycles. The summed E-state index contributed by atoms with van der Waals surface area (Å²) in [6.45, 7) is 1.41. The summed E-state index contributed by atoms with van der Waals surface area (Å²) >= 11 is 0. The van der Waals surface area contributed by atoms with Crippen molar-refractivity contribution in [3.8, 4) is 0 Å². The molecule has 10 heteroatoms. The predicted molar refractivity (Wildman–Crippen MR) is 150 cm³/mol. The van der Waals surface area contributed by atoms with E-state index in [0.29, 0.717) is 60.8 Å². The number of nitrogens with zero attached hydrogens (tertiary/aromatic N) is 4. The Hall–Kier alpha value is -4.54. The molecule has 0 bridgehead atoms. The van der Waals surface area contributed by atoms with Crippen molar-refractivity contribution in [1.82, 2.24) is 15.0 Å². The minimum Gasteiger partial charge on any atom is -0.397 e. The molecule has 4 rings (SSSR count). The molecule has 0 radical (unpaired) electrons. The summed E-state index contributed by atoms with van der Waals surface area (Å²) in [6, 6.07) is 24.5. The molecule has 38 heavy (non-hydrogen) atoms. The molecule has 1 aromatic heterocycles. The molecule has 0 unspecified atom stereocenters. The predicted octanol–water partition coefficient (Wildman–Crippen LogP) is 3.43. The fraction of sp³-hybridized carbons (Fsp3) is 0.214. The number of nitrogens with one attached hydrogen (secondary N) is 2. The van der Waals surface area contributed by atoms with Gasteiger partial charge in [0.15, 0.2) is 0 Å². The zero-order chi connectivity index (χ0) is 26.7. The van der Waals surface area contributed by atoms with Gasteiger partial charge in [-0.05, 0) is 41.8 Å². The molecule has 0 saturated heterocycles. The second-order valence-electron chi connectivity index (χ2n) is 8.65. The van der Waals surface area contributed by atoms with Gasteiger partial charge in [-0.15, -0.1) is 0 Å². The molecule has 0 aliphatic rings. The lowest BCUT2D eigenvalue weighted by molar-refractivity contribution is 0.102. The highest BCUT2D eigenvalue weighted by atomic mass is 16.5. The van der Waals surface area contributed by atoms with Crippen LogP contribution < -0.4 is 27.2 Å². The molecule has 4 aromatic rings. The maximum atomic E-state index is 12.6. The minimum atomic E-state index is -0.244. The number of nitrogens with two attached hydrogens (primary N) is 2. The van der Waals surface area contributed by atoms with E-state index in [1.165, 1.54) is 10.6 Å². The standard InChI is InChI=1S/C28H32N8O2/c1-38-18-17-31-27-33-25(16-13-20-7-3-2-4-8-20)34-28(35-27)36(30)19-21-11-14-22(15-12-21)26(37)32-24-10-6-5-9-23(24)29/h2-12,14-15H,13,16-19,29-30H2,1H3,(H,32,37)(H,31,33,34,35). The van der Waals surface area contributed by atoms with E-state index >= 15 is 0 Å². The number of para-hydroxylation sites is 2. The normalized spacial score (nSPS) is 10.7. The quantitative estimate of drug-likeness (QED) is 0.0971. The maximum absolute atomic E-state index is 12.6. The fourth-order valence-corrected chi connectivity index (χ4v) is 3.73. The summed E-state index contributed by atoms with van der Waals surface area (Å²) in [4.78, 5) is 26.3. The van der Waals surface area contributed by atoms with Crippen LogP contribution >= 0.6 is 0 Å². The highest BCUT2D eigenvalue weighted by Gasteiger charge is 2.13. The summed E-state index contributed by atoms with van der Waals surface area (Å²) < 4.78 is 5.12. The molecule has 0 saturated carbocycles. The van der Waals surface area contributed by atoms with E-state index in [4.69, 9.17) is 16.3 Å². The minimum absolute atomic E-state index is 0.244. The van der Waals surface area contributed by atoms with Gasteiger partial charge in [0.1, 0.15) is 5.82 Å². The molecule has 6 N–H and O–H groups in total. The first-order chi connectivity index (χ1) is 18.5. The maximum Gasteiger partial charge on any atom is 0.255 e. The number of methoxy groups -OCH3 is 1. The van der Waals surface area contributed by atoms with Crippen LogP contribution in [-0.4, -0.2) is 41.1 Å². The van der Waals surface area contributed by atoms with Crippen LogP contribution in [0, 0.1) is 0 Å². The number of hydrogen-bond donors (Lipinski definition) is 4. The number of ether oxygens (including phenoxy) is 1. The Morgan fingerprint density at radius 1 is 0.895 bits per heavy atom. The summed E-state index contributed by atoms with van der Waals surface area (Å²) in [7, 11) is 1.64. The zero-order valence-corrected chi connectivity index (χ0v) is 21.3. The Bertz CT molecular complexity index is 1330. The Morgan fingerprint density at radius 3 is 2.37 bits per heavy atom. The van der Waals surface area contributed by atoms with Crippen LogP contribution in [0.3, 0.4) is 0 Å². The largest absolute Gasteiger partial charge is 0.397 e. The van der Waals surface area contributed by atoms with Gasteiger partial charge in [-0.2, -0.15) is 15.0 Å². The third kappa shape index (κ3) is 7.48. The Balaban J connectivity index is 1.44. The molecule has 196 valence electrons. The van der Waals surface area contributed by atoms with Gasteiger partial charge in [0, 0.05) is 25.6 Å². The monoisotopic (exact) mass is 512 g/mol. The van der Waals surface area contributed by atoms with E-state index in [-0.39, 0.29) is 5.91 Å². The van der Waals surface area contributed by atoms with Crippen LogP contribution in [0.25, 0.3) is 0 Å². The molecular weight excluding hydrogens is 480 g/mol. The van der Waals surface area contributed by atoms with Crippen LogP contribution in [0.15, 0.2) is 78.9 Å². The summed E-state index contributed by atoms with van der Waals surface area (Å²) in [6.07, 6.45) is 1.44. The third-order valence-electron chi connectivity index (χ3n) is 5.77. The number of hydrazine groups is 1. The first-order valence-electron chi connectivity index (χ1n) is 12.3. The smallest absolute Gasteiger partial charge is 0.255 e. The van der Waals surface area contributed by atoms with Gasteiger partial charge < -0.3 is 21.1 Å². The highest BCUT2D eigenvalue weighted by Crippen LogP contribution is 2.19. The number of hydrogen-bond acceptors (Lipinski definition) is 9. The van der Waals surface area contributed by atoms with Crippen LogP contribution in [0.1, 0.15) is 27.3 Å². The van der Waals surface area contributed by atoms with Crippen molar-refractivity contribution in [3.63, 3.8) is 0 Å².